The lowest BCUT2D eigenvalue weighted by Gasteiger charge is -2.37. The van der Waals surface area contributed by atoms with Crippen LogP contribution >= 0.6 is 0 Å². The molecule has 1 fully saturated rings. The molecule has 0 radical (unpaired) electrons. The summed E-state index contributed by atoms with van der Waals surface area (Å²) >= 11 is 0. The minimum atomic E-state index is 0.131. The molecule has 41 heavy (non-hydrogen) atoms. The average molecular weight is 546 g/mol. The molecule has 210 valence electrons. The van der Waals surface area contributed by atoms with Crippen molar-refractivity contribution < 1.29 is 4.79 Å². The molecule has 6 nitrogen and oxygen atoms in total. The SMILES string of the molecule is CC(=O)N(CCc1cncn1Cc1ccc(C#N)cc1)CC1CCCN(CC(c2ccccc2)c2ccccc2)C1. The van der Waals surface area contributed by atoms with E-state index in [1.807, 2.05) is 41.7 Å². The third kappa shape index (κ3) is 7.71. The van der Waals surface area contributed by atoms with E-state index in [4.69, 9.17) is 5.26 Å². The van der Waals surface area contributed by atoms with Crippen molar-refractivity contribution in [2.45, 2.75) is 38.6 Å². The average Bonchev–Trinajstić information content (AvgIpc) is 3.46. The summed E-state index contributed by atoms with van der Waals surface area (Å²) in [4.78, 5) is 21.7. The second-order valence-corrected chi connectivity index (χ2v) is 11.2. The van der Waals surface area contributed by atoms with Gasteiger partial charge in [-0.1, -0.05) is 72.8 Å². The summed E-state index contributed by atoms with van der Waals surface area (Å²) in [6.07, 6.45) is 6.82. The van der Waals surface area contributed by atoms with Crippen LogP contribution in [0.2, 0.25) is 0 Å². The van der Waals surface area contributed by atoms with Crippen molar-refractivity contribution in [1.29, 1.82) is 5.26 Å². The summed E-state index contributed by atoms with van der Waals surface area (Å²) in [6.45, 7) is 6.95. The van der Waals surface area contributed by atoms with Gasteiger partial charge in [0, 0.05) is 63.9 Å². The number of benzene rings is 3. The standard InChI is InChI=1S/C35H39N5O/c1-28(41)39(20-18-34-22-37-27-40(34)24-30-16-14-29(21-36)15-17-30)25-31-9-8-19-38(23-31)26-35(32-10-4-2-5-11-32)33-12-6-3-7-13-33/h2-7,10-17,22,27,31,35H,8-9,18-20,23-26H2,1H3. The molecule has 3 aromatic carbocycles. The largest absolute Gasteiger partial charge is 0.342 e. The normalized spacial score (nSPS) is 15.5. The van der Waals surface area contributed by atoms with Gasteiger partial charge in [-0.05, 0) is 54.1 Å². The van der Waals surface area contributed by atoms with Crippen molar-refractivity contribution in [2.24, 2.45) is 5.92 Å². The number of amides is 1. The van der Waals surface area contributed by atoms with Crippen LogP contribution in [-0.2, 0) is 17.8 Å². The predicted molar refractivity (Wildman–Crippen MR) is 162 cm³/mol. The number of piperidine rings is 1. The Morgan fingerprint density at radius 2 is 1.71 bits per heavy atom. The van der Waals surface area contributed by atoms with Crippen LogP contribution < -0.4 is 0 Å². The fourth-order valence-corrected chi connectivity index (χ4v) is 6.02. The van der Waals surface area contributed by atoms with Crippen molar-refractivity contribution in [3.05, 3.63) is 125 Å². The van der Waals surface area contributed by atoms with Crippen LogP contribution in [0.5, 0.6) is 0 Å². The van der Waals surface area contributed by atoms with E-state index >= 15 is 0 Å². The molecule has 0 saturated carbocycles. The summed E-state index contributed by atoms with van der Waals surface area (Å²) in [5.74, 6) is 0.923. The fourth-order valence-electron chi connectivity index (χ4n) is 6.02. The third-order valence-electron chi connectivity index (χ3n) is 8.24. The Labute approximate surface area is 243 Å². The highest BCUT2D eigenvalue weighted by Gasteiger charge is 2.26. The van der Waals surface area contributed by atoms with Gasteiger partial charge in [-0.3, -0.25) is 4.79 Å². The first-order valence-corrected chi connectivity index (χ1v) is 14.6. The molecular formula is C35H39N5O. The number of hydrogen-bond donors (Lipinski definition) is 0. The van der Waals surface area contributed by atoms with E-state index in [-0.39, 0.29) is 5.91 Å². The molecule has 1 saturated heterocycles. The number of carbonyl (C=O) groups is 1. The van der Waals surface area contributed by atoms with Crippen molar-refractivity contribution in [3.63, 3.8) is 0 Å². The van der Waals surface area contributed by atoms with E-state index in [0.717, 1.165) is 56.7 Å². The Bertz CT molecular complexity index is 1390. The highest BCUT2D eigenvalue weighted by Crippen LogP contribution is 2.28. The molecule has 1 unspecified atom stereocenters. The van der Waals surface area contributed by atoms with E-state index in [1.54, 1.807) is 6.92 Å². The summed E-state index contributed by atoms with van der Waals surface area (Å²) in [5, 5.41) is 9.06. The van der Waals surface area contributed by atoms with Gasteiger partial charge >= 0.3 is 0 Å². The first-order chi connectivity index (χ1) is 20.1. The van der Waals surface area contributed by atoms with Gasteiger partial charge < -0.3 is 14.4 Å². The van der Waals surface area contributed by atoms with Gasteiger partial charge in [-0.2, -0.15) is 5.26 Å². The monoisotopic (exact) mass is 545 g/mol. The number of likely N-dealkylation sites (tertiary alicyclic amines) is 1. The molecule has 0 aliphatic carbocycles. The van der Waals surface area contributed by atoms with Crippen molar-refractivity contribution in [1.82, 2.24) is 19.4 Å². The minimum Gasteiger partial charge on any atom is -0.342 e. The van der Waals surface area contributed by atoms with Crippen LogP contribution in [0.3, 0.4) is 0 Å². The maximum absolute atomic E-state index is 12.7. The molecule has 4 aromatic rings. The smallest absolute Gasteiger partial charge is 0.219 e. The Morgan fingerprint density at radius 3 is 2.34 bits per heavy atom. The molecule has 1 atom stereocenters. The molecule has 5 rings (SSSR count). The molecule has 2 heterocycles. The van der Waals surface area contributed by atoms with Gasteiger partial charge in [0.05, 0.1) is 18.0 Å². The minimum absolute atomic E-state index is 0.131. The van der Waals surface area contributed by atoms with Crippen LogP contribution in [0.4, 0.5) is 0 Å². The number of hydrogen-bond acceptors (Lipinski definition) is 4. The van der Waals surface area contributed by atoms with E-state index in [1.165, 1.54) is 11.1 Å². The van der Waals surface area contributed by atoms with Crippen molar-refractivity contribution >= 4 is 5.91 Å². The maximum atomic E-state index is 12.7. The zero-order chi connectivity index (χ0) is 28.4. The maximum Gasteiger partial charge on any atom is 0.219 e. The summed E-state index contributed by atoms with van der Waals surface area (Å²) in [7, 11) is 0. The lowest BCUT2D eigenvalue weighted by molar-refractivity contribution is -0.129. The third-order valence-corrected chi connectivity index (χ3v) is 8.24. The second kappa shape index (κ2) is 13.9. The van der Waals surface area contributed by atoms with E-state index in [9.17, 15) is 4.79 Å². The molecular weight excluding hydrogens is 506 g/mol. The number of rotatable bonds is 11. The van der Waals surface area contributed by atoms with Gasteiger partial charge in [-0.15, -0.1) is 0 Å². The molecule has 1 aliphatic heterocycles. The molecule has 0 N–H and O–H groups in total. The Morgan fingerprint density at radius 1 is 1.02 bits per heavy atom. The zero-order valence-electron chi connectivity index (χ0n) is 23.9. The van der Waals surface area contributed by atoms with Crippen molar-refractivity contribution in [3.8, 4) is 6.07 Å². The lowest BCUT2D eigenvalue weighted by Crippen LogP contribution is -2.44. The van der Waals surface area contributed by atoms with Gasteiger partial charge in [0.1, 0.15) is 0 Å². The Balaban J connectivity index is 1.19. The fraction of sp³-hybridized carbons (Fsp3) is 0.343. The topological polar surface area (TPSA) is 65.2 Å². The lowest BCUT2D eigenvalue weighted by atomic mass is 9.89. The summed E-state index contributed by atoms with van der Waals surface area (Å²) < 4.78 is 2.13. The van der Waals surface area contributed by atoms with Crippen LogP contribution in [0.15, 0.2) is 97.5 Å². The summed E-state index contributed by atoms with van der Waals surface area (Å²) in [5.41, 5.74) is 5.60. The van der Waals surface area contributed by atoms with E-state index < -0.39 is 0 Å². The van der Waals surface area contributed by atoms with Gasteiger partial charge in [0.2, 0.25) is 5.91 Å². The molecule has 6 heteroatoms. The molecule has 1 aromatic heterocycles. The molecule has 1 amide bonds. The Kier molecular flexibility index (Phi) is 9.61. The number of imidazole rings is 1. The van der Waals surface area contributed by atoms with E-state index in [2.05, 4.69) is 81.2 Å². The van der Waals surface area contributed by atoms with Crippen molar-refractivity contribution in [2.75, 3.05) is 32.7 Å². The van der Waals surface area contributed by atoms with Crippen LogP contribution in [0.1, 0.15) is 53.6 Å². The highest BCUT2D eigenvalue weighted by atomic mass is 16.2. The van der Waals surface area contributed by atoms with Gasteiger partial charge in [0.25, 0.3) is 0 Å². The molecule has 0 bridgehead atoms. The quantitative estimate of drug-likeness (QED) is 0.241. The number of nitrogens with zero attached hydrogens (tertiary/aromatic N) is 5. The first-order valence-electron chi connectivity index (χ1n) is 14.6. The van der Waals surface area contributed by atoms with E-state index in [0.29, 0.717) is 30.5 Å². The van der Waals surface area contributed by atoms with Crippen LogP contribution in [-0.4, -0.2) is 58.0 Å². The number of nitriles is 1. The first kappa shape index (κ1) is 28.3. The van der Waals surface area contributed by atoms with Gasteiger partial charge in [0.15, 0.2) is 0 Å². The van der Waals surface area contributed by atoms with Crippen LogP contribution in [0, 0.1) is 17.2 Å². The summed E-state index contributed by atoms with van der Waals surface area (Å²) in [6, 6.07) is 31.5. The second-order valence-electron chi connectivity index (χ2n) is 11.2. The highest BCUT2D eigenvalue weighted by molar-refractivity contribution is 5.73. The predicted octanol–water partition coefficient (Wildman–Crippen LogP) is 5.74. The van der Waals surface area contributed by atoms with Gasteiger partial charge in [-0.25, -0.2) is 4.98 Å². The van der Waals surface area contributed by atoms with Crippen LogP contribution in [0.25, 0.3) is 0 Å². The zero-order valence-corrected chi connectivity index (χ0v) is 23.9. The molecule has 0 spiro atoms. The Hall–Kier alpha value is -4.21. The number of carbonyl (C=O) groups excluding carboxylic acids is 1. The molecule has 1 aliphatic rings. The number of aromatic nitrogens is 2.